The van der Waals surface area contributed by atoms with Crippen molar-refractivity contribution >= 4 is 22.2 Å². The summed E-state index contributed by atoms with van der Waals surface area (Å²) >= 11 is 1.81. The van der Waals surface area contributed by atoms with Crippen molar-refractivity contribution in [3.05, 3.63) is 51.6 Å². The molecule has 3 aromatic rings. The third-order valence-corrected chi connectivity index (χ3v) is 5.33. The number of benzene rings is 1. The fraction of sp³-hybridized carbons (Fsp3) is 0.312. The molecule has 1 aliphatic rings. The molecule has 0 radical (unpaired) electrons. The predicted octanol–water partition coefficient (Wildman–Crippen LogP) is 3.36. The number of aromatic amines is 1. The van der Waals surface area contributed by atoms with Gasteiger partial charge >= 0.3 is 0 Å². The van der Waals surface area contributed by atoms with Gasteiger partial charge in [0.2, 0.25) is 0 Å². The van der Waals surface area contributed by atoms with Gasteiger partial charge in [0, 0.05) is 22.0 Å². The molecule has 102 valence electrons. The van der Waals surface area contributed by atoms with Gasteiger partial charge in [0.15, 0.2) is 0 Å². The minimum atomic E-state index is 0.00445. The highest BCUT2D eigenvalue weighted by Crippen LogP contribution is 2.31. The summed E-state index contributed by atoms with van der Waals surface area (Å²) in [7, 11) is 0. The second-order valence-electron chi connectivity index (χ2n) is 5.45. The molecule has 3 N–H and O–H groups in total. The predicted molar refractivity (Wildman–Crippen MR) is 83.1 cm³/mol. The van der Waals surface area contributed by atoms with Gasteiger partial charge in [0.25, 0.3) is 0 Å². The molecule has 1 unspecified atom stereocenters. The average Bonchev–Trinajstić information content (AvgIpc) is 3.12. The first-order valence-corrected chi connectivity index (χ1v) is 7.92. The van der Waals surface area contributed by atoms with Crippen molar-refractivity contribution in [1.82, 2.24) is 9.97 Å². The van der Waals surface area contributed by atoms with Crippen molar-refractivity contribution in [3.63, 3.8) is 0 Å². The summed E-state index contributed by atoms with van der Waals surface area (Å²) in [4.78, 5) is 9.50. The van der Waals surface area contributed by atoms with Gasteiger partial charge in [-0.05, 0) is 37.3 Å². The van der Waals surface area contributed by atoms with Gasteiger partial charge in [-0.25, -0.2) is 4.98 Å². The number of thiazole rings is 1. The Hall–Kier alpha value is -1.65. The van der Waals surface area contributed by atoms with E-state index in [2.05, 4.69) is 29.4 Å². The third kappa shape index (κ3) is 1.96. The molecule has 4 heteroatoms. The Labute approximate surface area is 121 Å². The van der Waals surface area contributed by atoms with Crippen LogP contribution >= 0.6 is 11.3 Å². The minimum Gasteiger partial charge on any atom is -0.361 e. The Morgan fingerprint density at radius 3 is 3.10 bits per heavy atom. The molecule has 0 saturated heterocycles. The number of nitrogens with one attached hydrogen (secondary N) is 1. The molecule has 1 aromatic carbocycles. The van der Waals surface area contributed by atoms with E-state index in [1.54, 1.807) is 0 Å². The molecule has 4 rings (SSSR count). The number of H-pyrrole nitrogens is 1. The van der Waals surface area contributed by atoms with Gasteiger partial charge in [-0.15, -0.1) is 11.3 Å². The van der Waals surface area contributed by atoms with Gasteiger partial charge in [-0.3, -0.25) is 0 Å². The van der Waals surface area contributed by atoms with Crippen LogP contribution in [0, 0.1) is 0 Å². The molecule has 0 aliphatic heterocycles. The van der Waals surface area contributed by atoms with Crippen molar-refractivity contribution in [2.75, 3.05) is 0 Å². The zero-order valence-electron chi connectivity index (χ0n) is 11.2. The lowest BCUT2D eigenvalue weighted by Gasteiger charge is -2.07. The van der Waals surface area contributed by atoms with Crippen LogP contribution in [0.4, 0.5) is 0 Å². The van der Waals surface area contributed by atoms with E-state index in [1.807, 2.05) is 17.4 Å². The molecule has 20 heavy (non-hydrogen) atoms. The minimum absolute atomic E-state index is 0.00445. The lowest BCUT2D eigenvalue weighted by molar-refractivity contribution is 0.713. The average molecular weight is 283 g/mol. The van der Waals surface area contributed by atoms with Crippen LogP contribution < -0.4 is 5.73 Å². The van der Waals surface area contributed by atoms with Gasteiger partial charge in [-0.2, -0.15) is 0 Å². The molecule has 3 nitrogen and oxygen atoms in total. The second kappa shape index (κ2) is 4.72. The molecule has 2 aromatic heterocycles. The normalized spacial score (nSPS) is 15.7. The van der Waals surface area contributed by atoms with E-state index in [0.29, 0.717) is 0 Å². The molecule has 0 amide bonds. The van der Waals surface area contributed by atoms with Crippen LogP contribution in [0.1, 0.15) is 33.6 Å². The summed E-state index contributed by atoms with van der Waals surface area (Å²) in [6, 6.07) is 8.37. The largest absolute Gasteiger partial charge is 0.361 e. The van der Waals surface area contributed by atoms with Crippen molar-refractivity contribution in [2.24, 2.45) is 5.73 Å². The maximum atomic E-state index is 6.37. The lowest BCUT2D eigenvalue weighted by atomic mass is 10.1. The molecular weight excluding hydrogens is 266 g/mol. The molecule has 2 heterocycles. The number of hydrogen-bond donors (Lipinski definition) is 2. The summed E-state index contributed by atoms with van der Waals surface area (Å²) < 4.78 is 0. The monoisotopic (exact) mass is 283 g/mol. The Morgan fingerprint density at radius 1 is 1.30 bits per heavy atom. The summed E-state index contributed by atoms with van der Waals surface area (Å²) in [5, 5.41) is 2.37. The maximum Gasteiger partial charge on any atom is 0.110 e. The molecule has 0 saturated carbocycles. The molecule has 0 bridgehead atoms. The Bertz CT molecular complexity index is 735. The number of fused-ring (bicyclic) bond motifs is 2. The summed E-state index contributed by atoms with van der Waals surface area (Å²) in [5.74, 6) is 0. The Morgan fingerprint density at radius 2 is 2.20 bits per heavy atom. The first kappa shape index (κ1) is 12.1. The Kier molecular flexibility index (Phi) is 2.86. The van der Waals surface area contributed by atoms with E-state index >= 15 is 0 Å². The van der Waals surface area contributed by atoms with Crippen LogP contribution in [-0.4, -0.2) is 9.97 Å². The van der Waals surface area contributed by atoms with Crippen LogP contribution in [0.3, 0.4) is 0 Å². The summed E-state index contributed by atoms with van der Waals surface area (Å²) in [6.45, 7) is 0. The third-order valence-electron chi connectivity index (χ3n) is 4.04. The molecular formula is C16H17N3S. The van der Waals surface area contributed by atoms with Gasteiger partial charge < -0.3 is 10.7 Å². The van der Waals surface area contributed by atoms with Crippen LogP contribution in [0.5, 0.6) is 0 Å². The number of nitrogens with two attached hydrogens (primary N) is 1. The highest BCUT2D eigenvalue weighted by atomic mass is 32.1. The van der Waals surface area contributed by atoms with Crippen molar-refractivity contribution in [2.45, 2.75) is 31.7 Å². The van der Waals surface area contributed by atoms with Crippen molar-refractivity contribution in [3.8, 4) is 0 Å². The number of hydrogen-bond acceptors (Lipinski definition) is 3. The second-order valence-corrected chi connectivity index (χ2v) is 6.56. The van der Waals surface area contributed by atoms with Crippen LogP contribution in [0.2, 0.25) is 0 Å². The quantitative estimate of drug-likeness (QED) is 0.774. The highest BCUT2D eigenvalue weighted by molar-refractivity contribution is 7.11. The van der Waals surface area contributed by atoms with E-state index < -0.39 is 0 Å². The number of para-hydroxylation sites is 1. The number of aryl methyl sites for hydroxylation is 2. The highest BCUT2D eigenvalue weighted by Gasteiger charge is 2.20. The molecule has 0 spiro atoms. The van der Waals surface area contributed by atoms with E-state index in [-0.39, 0.29) is 6.04 Å². The van der Waals surface area contributed by atoms with Crippen LogP contribution in [0.25, 0.3) is 10.9 Å². The molecule has 0 fully saturated rings. The number of nitrogens with zero attached hydrogens (tertiary/aromatic N) is 1. The summed E-state index contributed by atoms with van der Waals surface area (Å²) in [6.07, 6.45) is 6.49. The van der Waals surface area contributed by atoms with Crippen LogP contribution in [-0.2, 0) is 19.3 Å². The molecule has 1 aliphatic carbocycles. The van der Waals surface area contributed by atoms with Crippen molar-refractivity contribution in [1.29, 1.82) is 0 Å². The van der Waals surface area contributed by atoms with Gasteiger partial charge in [-0.1, -0.05) is 18.2 Å². The zero-order chi connectivity index (χ0) is 13.5. The Balaban J connectivity index is 1.61. The fourth-order valence-electron chi connectivity index (χ4n) is 2.99. The topological polar surface area (TPSA) is 54.7 Å². The zero-order valence-corrected chi connectivity index (χ0v) is 12.0. The van der Waals surface area contributed by atoms with E-state index in [1.165, 1.54) is 39.9 Å². The van der Waals surface area contributed by atoms with E-state index in [0.717, 1.165) is 17.8 Å². The fourth-order valence-corrected chi connectivity index (χ4v) is 4.15. The maximum absolute atomic E-state index is 6.37. The molecule has 1 atom stereocenters. The van der Waals surface area contributed by atoms with Gasteiger partial charge in [0.05, 0.1) is 11.7 Å². The van der Waals surface area contributed by atoms with Crippen molar-refractivity contribution < 1.29 is 0 Å². The smallest absolute Gasteiger partial charge is 0.110 e. The standard InChI is InChI=1S/C16H17N3S/c17-12(16-19-14-6-3-7-15(14)20-16)8-10-9-18-13-5-2-1-4-11(10)13/h1-2,4-5,9,12,18H,3,6-8,17H2. The summed E-state index contributed by atoms with van der Waals surface area (Å²) in [5.41, 5.74) is 10.1. The number of aromatic nitrogens is 2. The first-order chi connectivity index (χ1) is 9.81. The number of rotatable bonds is 3. The first-order valence-electron chi connectivity index (χ1n) is 7.10. The van der Waals surface area contributed by atoms with E-state index in [9.17, 15) is 0 Å². The lowest BCUT2D eigenvalue weighted by Crippen LogP contribution is -2.13. The van der Waals surface area contributed by atoms with Crippen LogP contribution in [0.15, 0.2) is 30.5 Å². The van der Waals surface area contributed by atoms with E-state index in [4.69, 9.17) is 10.7 Å². The van der Waals surface area contributed by atoms with Gasteiger partial charge in [0.1, 0.15) is 5.01 Å². The SMILES string of the molecule is NC(Cc1c[nH]c2ccccc12)c1nc2c(s1)CCC2.